The maximum atomic E-state index is 13.3. The Kier molecular flexibility index (Phi) is 8.31. The largest absolute Gasteiger partial charge is 0.490 e. The standard InChI is InChI=1S/C33H28FNO4S/c1-3-8-25-17-23(18-29(38-4-2)31(25)39-21-22-13-15-27(34)16-14-22)19-30-32(36)35(33(37)40-30)20-26-11-7-10-24-9-5-6-12-28(24)26/h3,5-7,9-19H,1,4,8,20-21H2,2H3/b30-19+. The molecule has 4 aromatic rings. The minimum absolute atomic E-state index is 0.200. The highest BCUT2D eigenvalue weighted by Crippen LogP contribution is 2.38. The summed E-state index contributed by atoms with van der Waals surface area (Å²) in [5, 5.41) is 1.77. The molecule has 4 aromatic carbocycles. The molecular formula is C33H28FNO4S. The Hall–Kier alpha value is -4.36. The molecule has 0 spiro atoms. The van der Waals surface area contributed by atoms with Crippen LogP contribution in [0, 0.1) is 5.82 Å². The van der Waals surface area contributed by atoms with Gasteiger partial charge in [0.2, 0.25) is 0 Å². The third-order valence-corrected chi connectivity index (χ3v) is 7.40. The van der Waals surface area contributed by atoms with Gasteiger partial charge in [0.25, 0.3) is 11.1 Å². The van der Waals surface area contributed by atoms with Crippen LogP contribution in [0.25, 0.3) is 16.8 Å². The number of hydrogen-bond acceptors (Lipinski definition) is 5. The van der Waals surface area contributed by atoms with Gasteiger partial charge in [-0.3, -0.25) is 14.5 Å². The van der Waals surface area contributed by atoms with Crippen LogP contribution in [0.1, 0.15) is 29.2 Å². The van der Waals surface area contributed by atoms with Crippen molar-refractivity contribution >= 4 is 39.8 Å². The molecule has 5 nitrogen and oxygen atoms in total. The van der Waals surface area contributed by atoms with Gasteiger partial charge in [0, 0.05) is 5.56 Å². The number of rotatable bonds is 10. The van der Waals surface area contributed by atoms with E-state index in [1.807, 2.05) is 55.5 Å². The number of fused-ring (bicyclic) bond motifs is 1. The third kappa shape index (κ3) is 5.95. The number of hydrogen-bond donors (Lipinski definition) is 0. The number of amides is 2. The highest BCUT2D eigenvalue weighted by atomic mass is 32.2. The van der Waals surface area contributed by atoms with Crippen LogP contribution in [0.4, 0.5) is 9.18 Å². The first-order valence-corrected chi connectivity index (χ1v) is 13.8. The van der Waals surface area contributed by atoms with Gasteiger partial charge in [-0.15, -0.1) is 6.58 Å². The molecule has 5 rings (SSSR count). The van der Waals surface area contributed by atoms with E-state index in [0.29, 0.717) is 35.0 Å². The lowest BCUT2D eigenvalue weighted by Crippen LogP contribution is -2.27. The fraction of sp³-hybridized carbons (Fsp3) is 0.152. The lowest BCUT2D eigenvalue weighted by molar-refractivity contribution is -0.123. The zero-order chi connectivity index (χ0) is 28.1. The van der Waals surface area contributed by atoms with E-state index in [1.54, 1.807) is 30.4 Å². The molecule has 0 atom stereocenters. The summed E-state index contributed by atoms with van der Waals surface area (Å²) in [6, 6.07) is 23.6. The Labute approximate surface area is 236 Å². The van der Waals surface area contributed by atoms with E-state index in [2.05, 4.69) is 6.58 Å². The monoisotopic (exact) mass is 553 g/mol. The molecule has 1 aliphatic rings. The van der Waals surface area contributed by atoms with Crippen molar-refractivity contribution in [1.82, 2.24) is 4.90 Å². The van der Waals surface area contributed by atoms with Gasteiger partial charge in [-0.05, 0) is 82.9 Å². The summed E-state index contributed by atoms with van der Waals surface area (Å²) >= 11 is 0.928. The number of imide groups is 1. The van der Waals surface area contributed by atoms with Crippen LogP contribution in [0.15, 0.2) is 96.4 Å². The lowest BCUT2D eigenvalue weighted by atomic mass is 10.0. The van der Waals surface area contributed by atoms with Crippen molar-refractivity contribution in [2.45, 2.75) is 26.5 Å². The molecule has 0 aliphatic carbocycles. The van der Waals surface area contributed by atoms with Gasteiger partial charge in [-0.25, -0.2) is 4.39 Å². The molecule has 40 heavy (non-hydrogen) atoms. The number of thioether (sulfide) groups is 1. The van der Waals surface area contributed by atoms with Crippen LogP contribution >= 0.6 is 11.8 Å². The first kappa shape index (κ1) is 27.2. The van der Waals surface area contributed by atoms with Gasteiger partial charge in [-0.2, -0.15) is 0 Å². The number of benzene rings is 4. The number of carbonyl (C=O) groups is 2. The molecule has 0 aromatic heterocycles. The fourth-order valence-corrected chi connectivity index (χ4v) is 5.46. The second kappa shape index (κ2) is 12.2. The van der Waals surface area contributed by atoms with Crippen molar-refractivity contribution in [3.63, 3.8) is 0 Å². The van der Waals surface area contributed by atoms with Crippen molar-refractivity contribution in [2.75, 3.05) is 6.61 Å². The number of halogens is 1. The Bertz CT molecular complexity index is 1610. The summed E-state index contributed by atoms with van der Waals surface area (Å²) in [5.41, 5.74) is 3.27. The SMILES string of the molecule is C=CCc1cc(/C=C2/SC(=O)N(Cc3cccc4ccccc34)C2=O)cc(OCC)c1OCc1ccc(F)cc1. The van der Waals surface area contributed by atoms with Gasteiger partial charge in [0.1, 0.15) is 12.4 Å². The molecule has 0 saturated carbocycles. The van der Waals surface area contributed by atoms with Crippen LogP contribution in [0.3, 0.4) is 0 Å². The Morgan fingerprint density at radius 3 is 2.50 bits per heavy atom. The Morgan fingerprint density at radius 2 is 1.73 bits per heavy atom. The summed E-state index contributed by atoms with van der Waals surface area (Å²) in [4.78, 5) is 27.9. The molecule has 0 radical (unpaired) electrons. The molecule has 202 valence electrons. The summed E-state index contributed by atoms with van der Waals surface area (Å²) in [6.07, 6.45) is 3.98. The maximum absolute atomic E-state index is 13.3. The topological polar surface area (TPSA) is 55.8 Å². The van der Waals surface area contributed by atoms with Crippen LogP contribution in [0.2, 0.25) is 0 Å². The zero-order valence-corrected chi connectivity index (χ0v) is 22.9. The van der Waals surface area contributed by atoms with Crippen molar-refractivity contribution in [1.29, 1.82) is 0 Å². The van der Waals surface area contributed by atoms with E-state index < -0.39 is 0 Å². The van der Waals surface area contributed by atoms with E-state index >= 15 is 0 Å². The van der Waals surface area contributed by atoms with Gasteiger partial charge in [0.15, 0.2) is 11.5 Å². The van der Waals surface area contributed by atoms with Crippen molar-refractivity contribution < 1.29 is 23.5 Å². The van der Waals surface area contributed by atoms with Crippen LogP contribution < -0.4 is 9.47 Å². The minimum atomic E-state index is -0.331. The summed E-state index contributed by atoms with van der Waals surface area (Å²) in [7, 11) is 0. The molecule has 1 saturated heterocycles. The highest BCUT2D eigenvalue weighted by Gasteiger charge is 2.35. The summed E-state index contributed by atoms with van der Waals surface area (Å²) < 4.78 is 25.3. The minimum Gasteiger partial charge on any atom is -0.490 e. The Balaban J connectivity index is 1.42. The fourth-order valence-electron chi connectivity index (χ4n) is 4.63. The molecule has 0 bridgehead atoms. The summed E-state index contributed by atoms with van der Waals surface area (Å²) in [6.45, 7) is 6.58. The molecule has 1 aliphatic heterocycles. The van der Waals surface area contributed by atoms with E-state index in [4.69, 9.17) is 9.47 Å². The second-order valence-corrected chi connectivity index (χ2v) is 10.2. The zero-order valence-electron chi connectivity index (χ0n) is 22.1. The quantitative estimate of drug-likeness (QED) is 0.147. The Morgan fingerprint density at radius 1 is 0.950 bits per heavy atom. The van der Waals surface area contributed by atoms with E-state index in [9.17, 15) is 14.0 Å². The van der Waals surface area contributed by atoms with E-state index in [1.165, 1.54) is 17.0 Å². The number of nitrogens with zero attached hydrogens (tertiary/aromatic N) is 1. The molecule has 1 heterocycles. The molecule has 1 fully saturated rings. The van der Waals surface area contributed by atoms with Gasteiger partial charge in [-0.1, -0.05) is 60.7 Å². The molecule has 7 heteroatoms. The number of carbonyl (C=O) groups excluding carboxylic acids is 2. The second-order valence-electron chi connectivity index (χ2n) is 9.25. The first-order valence-electron chi connectivity index (χ1n) is 13.0. The van der Waals surface area contributed by atoms with Gasteiger partial charge >= 0.3 is 0 Å². The molecular weight excluding hydrogens is 525 g/mol. The predicted octanol–water partition coefficient (Wildman–Crippen LogP) is 7.92. The van der Waals surface area contributed by atoms with Crippen molar-refractivity contribution in [3.05, 3.63) is 124 Å². The molecule has 0 unspecified atom stereocenters. The third-order valence-electron chi connectivity index (χ3n) is 6.49. The normalized spacial score (nSPS) is 14.2. The average Bonchev–Trinajstić information content (AvgIpc) is 3.21. The molecule has 0 N–H and O–H groups in total. The van der Waals surface area contributed by atoms with Crippen molar-refractivity contribution in [3.8, 4) is 11.5 Å². The molecule has 2 amide bonds. The van der Waals surface area contributed by atoms with Crippen molar-refractivity contribution in [2.24, 2.45) is 0 Å². The van der Waals surface area contributed by atoms with E-state index in [-0.39, 0.29) is 30.1 Å². The van der Waals surface area contributed by atoms with Crippen LogP contribution in [0.5, 0.6) is 11.5 Å². The number of ether oxygens (including phenoxy) is 2. The van der Waals surface area contributed by atoms with E-state index in [0.717, 1.165) is 39.2 Å². The first-order chi connectivity index (χ1) is 19.5. The van der Waals surface area contributed by atoms with Gasteiger partial charge < -0.3 is 9.47 Å². The predicted molar refractivity (Wildman–Crippen MR) is 158 cm³/mol. The van der Waals surface area contributed by atoms with Crippen LogP contribution in [-0.4, -0.2) is 22.7 Å². The number of allylic oxidation sites excluding steroid dienone is 1. The maximum Gasteiger partial charge on any atom is 0.293 e. The summed E-state index contributed by atoms with van der Waals surface area (Å²) in [5.74, 6) is 0.442. The lowest BCUT2D eigenvalue weighted by Gasteiger charge is -2.17. The van der Waals surface area contributed by atoms with Gasteiger partial charge in [0.05, 0.1) is 18.1 Å². The highest BCUT2D eigenvalue weighted by molar-refractivity contribution is 8.18. The smallest absolute Gasteiger partial charge is 0.293 e. The average molecular weight is 554 g/mol. The van der Waals surface area contributed by atoms with Crippen LogP contribution in [-0.2, 0) is 24.4 Å².